The van der Waals surface area contributed by atoms with Gasteiger partial charge in [0.05, 0.1) is 31.1 Å². The molecule has 6 nitrogen and oxygen atoms in total. The van der Waals surface area contributed by atoms with Gasteiger partial charge in [-0.1, -0.05) is 19.9 Å². The number of rotatable bonds is 6. The fourth-order valence-electron chi connectivity index (χ4n) is 3.34. The lowest BCUT2D eigenvalue weighted by molar-refractivity contribution is -0.917. The highest BCUT2D eigenvalue weighted by Crippen LogP contribution is 2.12. The number of carbonyl (C=O) groups is 2. The van der Waals surface area contributed by atoms with Gasteiger partial charge in [-0.05, 0) is 29.5 Å². The third-order valence-electron chi connectivity index (χ3n) is 4.95. The third-order valence-corrected chi connectivity index (χ3v) is 5.82. The molecule has 1 aliphatic rings. The lowest BCUT2D eigenvalue weighted by atomic mass is 10.0. The van der Waals surface area contributed by atoms with Crippen LogP contribution in [0.15, 0.2) is 42.0 Å². The molecule has 0 bridgehead atoms. The smallest absolute Gasteiger partial charge is 0.262 e. The molecule has 1 fully saturated rings. The average Bonchev–Trinajstić information content (AvgIpc) is 3.21. The van der Waals surface area contributed by atoms with E-state index in [4.69, 9.17) is 0 Å². The Hall–Kier alpha value is -2.25. The second kappa shape index (κ2) is 9.10. The Morgan fingerprint density at radius 1 is 1.22 bits per heavy atom. The molecule has 0 saturated carbocycles. The second-order valence-electron chi connectivity index (χ2n) is 7.28. The van der Waals surface area contributed by atoms with Crippen molar-refractivity contribution in [2.45, 2.75) is 26.4 Å². The van der Waals surface area contributed by atoms with Crippen LogP contribution in [0.1, 0.15) is 29.1 Å². The van der Waals surface area contributed by atoms with Gasteiger partial charge in [-0.3, -0.25) is 14.6 Å². The molecule has 3 heterocycles. The Balaban J connectivity index is 1.55. The molecule has 144 valence electrons. The quantitative estimate of drug-likeness (QED) is 0.771. The van der Waals surface area contributed by atoms with Crippen molar-refractivity contribution in [1.29, 1.82) is 0 Å². The SMILES string of the molecule is CC(C)[C@@H](NC(=O)c1cccs1)C(=O)N1CC[NH+](Cc2ccncc2)CC1. The van der Waals surface area contributed by atoms with Gasteiger partial charge in [-0.2, -0.15) is 0 Å². The minimum atomic E-state index is -0.485. The fourth-order valence-corrected chi connectivity index (χ4v) is 3.97. The molecule has 27 heavy (non-hydrogen) atoms. The molecule has 0 aromatic carbocycles. The first-order chi connectivity index (χ1) is 13.0. The normalized spacial score (nSPS) is 16.3. The molecule has 0 spiro atoms. The van der Waals surface area contributed by atoms with Crippen molar-refractivity contribution in [3.8, 4) is 0 Å². The predicted octanol–water partition coefficient (Wildman–Crippen LogP) is 0.825. The van der Waals surface area contributed by atoms with Crippen molar-refractivity contribution in [3.05, 3.63) is 52.5 Å². The number of pyridine rings is 1. The van der Waals surface area contributed by atoms with Crippen molar-refractivity contribution in [2.75, 3.05) is 26.2 Å². The van der Waals surface area contributed by atoms with Gasteiger partial charge in [0.2, 0.25) is 5.91 Å². The molecule has 2 N–H and O–H groups in total. The highest BCUT2D eigenvalue weighted by molar-refractivity contribution is 7.12. The van der Waals surface area contributed by atoms with Crippen LogP contribution in [0, 0.1) is 5.92 Å². The van der Waals surface area contributed by atoms with E-state index in [1.165, 1.54) is 21.8 Å². The highest BCUT2D eigenvalue weighted by atomic mass is 32.1. The molecular weight excluding hydrogens is 360 g/mol. The maximum atomic E-state index is 13.0. The Bertz CT molecular complexity index is 741. The highest BCUT2D eigenvalue weighted by Gasteiger charge is 2.32. The van der Waals surface area contributed by atoms with E-state index in [1.54, 1.807) is 6.07 Å². The van der Waals surface area contributed by atoms with Crippen molar-refractivity contribution in [1.82, 2.24) is 15.2 Å². The Kier molecular flexibility index (Phi) is 6.58. The standard InChI is InChI=1S/C20H26N4O2S/c1-15(2)18(22-19(25)17-4-3-13-27-17)20(26)24-11-9-23(10-12-24)14-16-5-7-21-8-6-16/h3-8,13,15,18H,9-12,14H2,1-2H3,(H,22,25)/p+1/t18-/m1/s1. The van der Waals surface area contributed by atoms with Gasteiger partial charge in [-0.25, -0.2) is 0 Å². The van der Waals surface area contributed by atoms with Crippen molar-refractivity contribution < 1.29 is 14.5 Å². The first-order valence-corrected chi connectivity index (χ1v) is 10.3. The van der Waals surface area contributed by atoms with Gasteiger partial charge in [0, 0.05) is 18.0 Å². The van der Waals surface area contributed by atoms with E-state index in [1.807, 2.05) is 54.7 Å². The van der Waals surface area contributed by atoms with Crippen LogP contribution in [0.5, 0.6) is 0 Å². The monoisotopic (exact) mass is 387 g/mol. The number of nitrogens with zero attached hydrogens (tertiary/aromatic N) is 2. The molecule has 2 amide bonds. The molecular formula is C20H27N4O2S+. The molecule has 7 heteroatoms. The second-order valence-corrected chi connectivity index (χ2v) is 8.23. The van der Waals surface area contributed by atoms with Crippen LogP contribution in [0.3, 0.4) is 0 Å². The van der Waals surface area contributed by atoms with E-state index >= 15 is 0 Å². The maximum absolute atomic E-state index is 13.0. The summed E-state index contributed by atoms with van der Waals surface area (Å²) in [6.45, 7) is 8.17. The molecule has 2 aromatic rings. The van der Waals surface area contributed by atoms with E-state index in [9.17, 15) is 9.59 Å². The molecule has 1 aliphatic heterocycles. The number of nitrogens with one attached hydrogen (secondary N) is 2. The Labute approximate surface area is 164 Å². The molecule has 1 atom stereocenters. The Morgan fingerprint density at radius 2 is 1.93 bits per heavy atom. The molecule has 3 rings (SSSR count). The van der Waals surface area contributed by atoms with Crippen molar-refractivity contribution in [3.63, 3.8) is 0 Å². The van der Waals surface area contributed by atoms with Crippen LogP contribution in [-0.2, 0) is 11.3 Å². The van der Waals surface area contributed by atoms with Crippen LogP contribution < -0.4 is 10.2 Å². The molecule has 0 unspecified atom stereocenters. The molecule has 1 saturated heterocycles. The van der Waals surface area contributed by atoms with E-state index in [-0.39, 0.29) is 17.7 Å². The van der Waals surface area contributed by atoms with Crippen molar-refractivity contribution >= 4 is 23.2 Å². The minimum absolute atomic E-state index is 0.0258. The summed E-state index contributed by atoms with van der Waals surface area (Å²) < 4.78 is 0. The average molecular weight is 388 g/mol. The number of hydrogen-bond donors (Lipinski definition) is 2. The van der Waals surface area contributed by atoms with E-state index < -0.39 is 6.04 Å². The largest absolute Gasteiger partial charge is 0.339 e. The Morgan fingerprint density at radius 3 is 2.52 bits per heavy atom. The minimum Gasteiger partial charge on any atom is -0.339 e. The zero-order valence-corrected chi connectivity index (χ0v) is 16.7. The fraction of sp³-hybridized carbons (Fsp3) is 0.450. The van der Waals surface area contributed by atoms with E-state index in [2.05, 4.69) is 10.3 Å². The molecule has 2 aromatic heterocycles. The lowest BCUT2D eigenvalue weighted by Crippen LogP contribution is -3.13. The first kappa shape index (κ1) is 19.5. The summed E-state index contributed by atoms with van der Waals surface area (Å²) in [5.41, 5.74) is 1.27. The van der Waals surface area contributed by atoms with Gasteiger partial charge in [0.1, 0.15) is 12.6 Å². The van der Waals surface area contributed by atoms with Gasteiger partial charge >= 0.3 is 0 Å². The zero-order chi connectivity index (χ0) is 19.2. The van der Waals surface area contributed by atoms with Gasteiger partial charge < -0.3 is 15.1 Å². The zero-order valence-electron chi connectivity index (χ0n) is 15.9. The number of hydrogen-bond acceptors (Lipinski definition) is 4. The van der Waals surface area contributed by atoms with Crippen LogP contribution in [0.25, 0.3) is 0 Å². The molecule has 0 radical (unpaired) electrons. The summed E-state index contributed by atoms with van der Waals surface area (Å²) >= 11 is 1.39. The van der Waals surface area contributed by atoms with Gasteiger partial charge in [-0.15, -0.1) is 11.3 Å². The summed E-state index contributed by atoms with van der Waals surface area (Å²) in [7, 11) is 0. The number of carbonyl (C=O) groups excluding carboxylic acids is 2. The summed E-state index contributed by atoms with van der Waals surface area (Å²) in [5.74, 6) is -0.0968. The van der Waals surface area contributed by atoms with Gasteiger partial charge in [0.15, 0.2) is 0 Å². The first-order valence-electron chi connectivity index (χ1n) is 9.40. The lowest BCUT2D eigenvalue weighted by Gasteiger charge is -2.35. The van der Waals surface area contributed by atoms with Gasteiger partial charge in [0.25, 0.3) is 5.91 Å². The third kappa shape index (κ3) is 5.14. The number of piperazine rings is 1. The van der Waals surface area contributed by atoms with Crippen LogP contribution in [0.2, 0.25) is 0 Å². The summed E-state index contributed by atoms with van der Waals surface area (Å²) in [5, 5.41) is 4.80. The number of aromatic nitrogens is 1. The van der Waals surface area contributed by atoms with E-state index in [0.717, 1.165) is 32.7 Å². The molecule has 0 aliphatic carbocycles. The predicted molar refractivity (Wildman–Crippen MR) is 106 cm³/mol. The number of quaternary nitrogens is 1. The maximum Gasteiger partial charge on any atom is 0.262 e. The summed E-state index contributed by atoms with van der Waals surface area (Å²) in [6.07, 6.45) is 3.64. The van der Waals surface area contributed by atoms with Crippen LogP contribution in [0.4, 0.5) is 0 Å². The summed E-state index contributed by atoms with van der Waals surface area (Å²) in [4.78, 5) is 33.4. The van der Waals surface area contributed by atoms with E-state index in [0.29, 0.717) is 4.88 Å². The number of thiophene rings is 1. The van der Waals surface area contributed by atoms with Crippen molar-refractivity contribution in [2.24, 2.45) is 5.92 Å². The summed E-state index contributed by atoms with van der Waals surface area (Å²) in [6, 6.07) is 7.22. The number of amides is 2. The van der Waals surface area contributed by atoms with Crippen LogP contribution in [-0.4, -0.2) is 53.9 Å². The topological polar surface area (TPSA) is 66.7 Å². The van der Waals surface area contributed by atoms with Crippen LogP contribution >= 0.6 is 11.3 Å².